The summed E-state index contributed by atoms with van der Waals surface area (Å²) in [6, 6.07) is 13.1. The van der Waals surface area contributed by atoms with Gasteiger partial charge in [0.05, 0.1) is 0 Å². The molecule has 1 aromatic heterocycles. The van der Waals surface area contributed by atoms with Crippen molar-refractivity contribution in [2.45, 2.75) is 38.5 Å². The second-order valence-corrected chi connectivity index (χ2v) is 7.90. The van der Waals surface area contributed by atoms with E-state index in [4.69, 9.17) is 9.15 Å². The lowest BCUT2D eigenvalue weighted by Crippen LogP contribution is -2.23. The SMILES string of the molecule is O=C(COc1ccc2oc3c(c2c1)CCCC3)Nc1ccc(N2CCCC2=O)cc1. The van der Waals surface area contributed by atoms with E-state index in [0.717, 1.165) is 48.2 Å². The Morgan fingerprint density at radius 1 is 1.03 bits per heavy atom. The van der Waals surface area contributed by atoms with E-state index in [-0.39, 0.29) is 18.4 Å². The van der Waals surface area contributed by atoms with Crippen molar-refractivity contribution in [2.75, 3.05) is 23.4 Å². The van der Waals surface area contributed by atoms with Crippen LogP contribution >= 0.6 is 0 Å². The standard InChI is InChI=1S/C24H24N2O4/c27-23(25-16-7-9-17(10-8-16)26-13-3-6-24(26)28)15-29-18-11-12-22-20(14-18)19-4-1-2-5-21(19)30-22/h7-12,14H,1-6,13,15H2,(H,25,27). The lowest BCUT2D eigenvalue weighted by molar-refractivity contribution is -0.118. The normalized spacial score (nSPS) is 16.0. The van der Waals surface area contributed by atoms with Crippen molar-refractivity contribution in [1.29, 1.82) is 0 Å². The summed E-state index contributed by atoms with van der Waals surface area (Å²) < 4.78 is 11.7. The first-order chi connectivity index (χ1) is 14.7. The van der Waals surface area contributed by atoms with Crippen LogP contribution in [0, 0.1) is 0 Å². The van der Waals surface area contributed by atoms with Crippen molar-refractivity contribution in [3.63, 3.8) is 0 Å². The number of fused-ring (bicyclic) bond motifs is 3. The molecule has 1 aliphatic carbocycles. The first-order valence-corrected chi connectivity index (χ1v) is 10.5. The number of carbonyl (C=O) groups is 2. The van der Waals surface area contributed by atoms with Crippen LogP contribution in [0.1, 0.15) is 37.0 Å². The number of nitrogens with zero attached hydrogens (tertiary/aromatic N) is 1. The zero-order valence-electron chi connectivity index (χ0n) is 16.8. The van der Waals surface area contributed by atoms with Gasteiger partial charge < -0.3 is 19.4 Å². The maximum atomic E-state index is 12.3. The molecule has 1 aliphatic heterocycles. The van der Waals surface area contributed by atoms with Gasteiger partial charge in [0.2, 0.25) is 5.91 Å². The van der Waals surface area contributed by atoms with Crippen LogP contribution in [-0.4, -0.2) is 25.0 Å². The molecule has 0 bridgehead atoms. The average Bonchev–Trinajstić information content (AvgIpc) is 3.36. The molecule has 30 heavy (non-hydrogen) atoms. The quantitative estimate of drug-likeness (QED) is 0.682. The molecule has 2 heterocycles. The van der Waals surface area contributed by atoms with Gasteiger partial charge >= 0.3 is 0 Å². The molecule has 2 aliphatic rings. The lowest BCUT2D eigenvalue weighted by atomic mass is 9.96. The van der Waals surface area contributed by atoms with Crippen LogP contribution in [0.5, 0.6) is 5.75 Å². The fourth-order valence-corrected chi connectivity index (χ4v) is 4.32. The molecule has 0 spiro atoms. The molecule has 0 unspecified atom stereocenters. The molecular weight excluding hydrogens is 380 g/mol. The third-order valence-electron chi connectivity index (χ3n) is 5.83. The van der Waals surface area contributed by atoms with E-state index in [2.05, 4.69) is 5.32 Å². The molecule has 6 heteroatoms. The smallest absolute Gasteiger partial charge is 0.262 e. The maximum absolute atomic E-state index is 12.3. The fourth-order valence-electron chi connectivity index (χ4n) is 4.32. The van der Waals surface area contributed by atoms with Crippen LogP contribution in [0.3, 0.4) is 0 Å². The van der Waals surface area contributed by atoms with E-state index in [9.17, 15) is 9.59 Å². The third-order valence-corrected chi connectivity index (χ3v) is 5.83. The number of anilines is 2. The molecule has 5 rings (SSSR count). The molecule has 1 N–H and O–H groups in total. The van der Waals surface area contributed by atoms with Gasteiger partial charge in [0.25, 0.3) is 5.91 Å². The molecule has 2 aromatic carbocycles. The number of carbonyl (C=O) groups excluding carboxylic acids is 2. The van der Waals surface area contributed by atoms with E-state index in [1.807, 2.05) is 42.5 Å². The Bertz CT molecular complexity index is 1100. The van der Waals surface area contributed by atoms with Crippen molar-refractivity contribution in [3.05, 3.63) is 53.8 Å². The topological polar surface area (TPSA) is 71.8 Å². The van der Waals surface area contributed by atoms with Gasteiger partial charge in [0, 0.05) is 41.7 Å². The number of furan rings is 1. The van der Waals surface area contributed by atoms with E-state index in [1.54, 1.807) is 4.90 Å². The second kappa shape index (κ2) is 7.86. The molecule has 0 radical (unpaired) electrons. The van der Waals surface area contributed by atoms with Gasteiger partial charge in [-0.2, -0.15) is 0 Å². The van der Waals surface area contributed by atoms with Crippen LogP contribution in [0.25, 0.3) is 11.0 Å². The number of rotatable bonds is 5. The predicted octanol–water partition coefficient (Wildman–Crippen LogP) is 4.46. The summed E-state index contributed by atoms with van der Waals surface area (Å²) in [6.07, 6.45) is 5.87. The monoisotopic (exact) mass is 404 g/mol. The zero-order valence-corrected chi connectivity index (χ0v) is 16.8. The van der Waals surface area contributed by atoms with E-state index in [0.29, 0.717) is 17.9 Å². The summed E-state index contributed by atoms with van der Waals surface area (Å²) in [5, 5.41) is 3.93. The zero-order chi connectivity index (χ0) is 20.5. The fraction of sp³-hybridized carbons (Fsp3) is 0.333. The van der Waals surface area contributed by atoms with Crippen molar-refractivity contribution in [2.24, 2.45) is 0 Å². The molecule has 1 fully saturated rings. The second-order valence-electron chi connectivity index (χ2n) is 7.90. The van der Waals surface area contributed by atoms with Crippen molar-refractivity contribution >= 4 is 34.2 Å². The Hall–Kier alpha value is -3.28. The number of nitrogens with one attached hydrogen (secondary N) is 1. The maximum Gasteiger partial charge on any atom is 0.262 e. The first kappa shape index (κ1) is 18.7. The summed E-state index contributed by atoms with van der Waals surface area (Å²) in [5.41, 5.74) is 3.71. The summed E-state index contributed by atoms with van der Waals surface area (Å²) >= 11 is 0. The Balaban J connectivity index is 1.20. The van der Waals surface area contributed by atoms with Crippen molar-refractivity contribution in [1.82, 2.24) is 0 Å². The number of amides is 2. The number of benzene rings is 2. The number of hydrogen-bond donors (Lipinski definition) is 1. The van der Waals surface area contributed by atoms with Gasteiger partial charge in [-0.15, -0.1) is 0 Å². The molecule has 0 saturated carbocycles. The van der Waals surface area contributed by atoms with Crippen LogP contribution < -0.4 is 15.0 Å². The minimum Gasteiger partial charge on any atom is -0.484 e. The first-order valence-electron chi connectivity index (χ1n) is 10.5. The van der Waals surface area contributed by atoms with Crippen LogP contribution in [0.4, 0.5) is 11.4 Å². The van der Waals surface area contributed by atoms with Crippen molar-refractivity contribution in [3.8, 4) is 5.75 Å². The third kappa shape index (κ3) is 3.65. The largest absolute Gasteiger partial charge is 0.484 e. The summed E-state index contributed by atoms with van der Waals surface area (Å²) in [7, 11) is 0. The molecule has 3 aromatic rings. The van der Waals surface area contributed by atoms with Crippen LogP contribution in [0.15, 0.2) is 46.9 Å². The van der Waals surface area contributed by atoms with E-state index >= 15 is 0 Å². The highest BCUT2D eigenvalue weighted by molar-refractivity contribution is 5.96. The molecular formula is C24H24N2O4. The summed E-state index contributed by atoms with van der Waals surface area (Å²) in [5.74, 6) is 1.67. The number of hydrogen-bond acceptors (Lipinski definition) is 4. The molecule has 0 atom stereocenters. The Morgan fingerprint density at radius 2 is 1.87 bits per heavy atom. The average molecular weight is 404 g/mol. The number of aryl methyl sites for hydroxylation is 2. The summed E-state index contributed by atoms with van der Waals surface area (Å²) in [6.45, 7) is 0.681. The highest BCUT2D eigenvalue weighted by atomic mass is 16.5. The molecule has 154 valence electrons. The Labute approximate surface area is 174 Å². The Morgan fingerprint density at radius 3 is 2.67 bits per heavy atom. The van der Waals surface area contributed by atoms with E-state index in [1.165, 1.54) is 18.4 Å². The van der Waals surface area contributed by atoms with Gasteiger partial charge in [-0.1, -0.05) is 0 Å². The highest BCUT2D eigenvalue weighted by Gasteiger charge is 2.21. The van der Waals surface area contributed by atoms with Gasteiger partial charge in [-0.3, -0.25) is 9.59 Å². The van der Waals surface area contributed by atoms with Gasteiger partial charge in [0.15, 0.2) is 6.61 Å². The van der Waals surface area contributed by atoms with Gasteiger partial charge in [-0.05, 0) is 68.1 Å². The highest BCUT2D eigenvalue weighted by Crippen LogP contribution is 2.34. The lowest BCUT2D eigenvalue weighted by Gasteiger charge is -2.16. The van der Waals surface area contributed by atoms with E-state index < -0.39 is 0 Å². The van der Waals surface area contributed by atoms with Crippen LogP contribution in [-0.2, 0) is 22.4 Å². The molecule has 1 saturated heterocycles. The van der Waals surface area contributed by atoms with Crippen LogP contribution in [0.2, 0.25) is 0 Å². The van der Waals surface area contributed by atoms with Crippen molar-refractivity contribution < 1.29 is 18.7 Å². The molecule has 2 amide bonds. The predicted molar refractivity (Wildman–Crippen MR) is 115 cm³/mol. The van der Waals surface area contributed by atoms with Gasteiger partial charge in [0.1, 0.15) is 17.1 Å². The summed E-state index contributed by atoms with van der Waals surface area (Å²) in [4.78, 5) is 25.9. The van der Waals surface area contributed by atoms with Gasteiger partial charge in [-0.25, -0.2) is 0 Å². The Kier molecular flexibility index (Phi) is 4.91. The molecule has 6 nitrogen and oxygen atoms in total. The minimum absolute atomic E-state index is 0.0715. The number of ether oxygens (including phenoxy) is 1. The minimum atomic E-state index is -0.227.